The average Bonchev–Trinajstić information content (AvgIpc) is 2.74. The number of rotatable bonds is 2. The molecule has 0 aromatic heterocycles. The number of nitrogens with one attached hydrogen (secondary N) is 2. The zero-order valence-electron chi connectivity index (χ0n) is 7.47. The van der Waals surface area contributed by atoms with E-state index in [1.165, 1.54) is 38.2 Å². The third kappa shape index (κ3) is 1.97. The van der Waals surface area contributed by atoms with Crippen LogP contribution in [0, 0.1) is 5.92 Å². The summed E-state index contributed by atoms with van der Waals surface area (Å²) >= 11 is 0. The maximum absolute atomic E-state index is 4.38. The zero-order valence-corrected chi connectivity index (χ0v) is 7.47. The van der Waals surface area contributed by atoms with Crippen LogP contribution in [-0.2, 0) is 0 Å². The molecule has 2 aliphatic heterocycles. The summed E-state index contributed by atoms with van der Waals surface area (Å²) in [5.74, 6) is 2.06. The summed E-state index contributed by atoms with van der Waals surface area (Å²) in [4.78, 5) is 4.38. The Morgan fingerprint density at radius 1 is 1.58 bits per heavy atom. The zero-order chi connectivity index (χ0) is 8.23. The van der Waals surface area contributed by atoms with Crippen LogP contribution in [-0.4, -0.2) is 32.0 Å². The molecule has 2 aliphatic rings. The number of aliphatic imine (C=N–C) groups is 1. The molecule has 2 heterocycles. The predicted octanol–water partition coefficient (Wildman–Crippen LogP) is 0.378. The molecule has 2 N–H and O–H groups in total. The first-order valence-corrected chi connectivity index (χ1v) is 4.93. The number of hydrogen-bond acceptors (Lipinski definition) is 3. The van der Waals surface area contributed by atoms with E-state index in [9.17, 15) is 0 Å². The van der Waals surface area contributed by atoms with Gasteiger partial charge in [0, 0.05) is 19.5 Å². The summed E-state index contributed by atoms with van der Waals surface area (Å²) in [5.41, 5.74) is 0. The molecule has 0 radical (unpaired) electrons. The molecule has 0 aromatic carbocycles. The Labute approximate surface area is 73.6 Å². The molecule has 1 unspecified atom stereocenters. The summed E-state index contributed by atoms with van der Waals surface area (Å²) in [6, 6.07) is 0. The van der Waals surface area contributed by atoms with Crippen molar-refractivity contribution in [2.45, 2.75) is 19.3 Å². The van der Waals surface area contributed by atoms with Gasteiger partial charge in [0.1, 0.15) is 0 Å². The SMILES string of the molecule is C1CN=C(NCC2CCNC2)C1. The number of amidine groups is 1. The second-order valence-corrected chi connectivity index (χ2v) is 3.67. The van der Waals surface area contributed by atoms with E-state index in [0.29, 0.717) is 0 Å². The fourth-order valence-electron chi connectivity index (χ4n) is 1.83. The van der Waals surface area contributed by atoms with Crippen LogP contribution in [0.4, 0.5) is 0 Å². The topological polar surface area (TPSA) is 36.4 Å². The maximum Gasteiger partial charge on any atom is 0.0963 e. The van der Waals surface area contributed by atoms with Gasteiger partial charge in [0.2, 0.25) is 0 Å². The van der Waals surface area contributed by atoms with Gasteiger partial charge in [-0.3, -0.25) is 4.99 Å². The molecule has 1 atom stereocenters. The Morgan fingerprint density at radius 2 is 2.58 bits per heavy atom. The van der Waals surface area contributed by atoms with Crippen LogP contribution >= 0.6 is 0 Å². The van der Waals surface area contributed by atoms with E-state index in [1.807, 2.05) is 0 Å². The molecular formula is C9H17N3. The molecule has 0 saturated carbocycles. The summed E-state index contributed by atoms with van der Waals surface area (Å²) in [6.07, 6.45) is 3.73. The molecule has 0 aliphatic carbocycles. The quantitative estimate of drug-likeness (QED) is 0.623. The van der Waals surface area contributed by atoms with Crippen molar-refractivity contribution in [3.63, 3.8) is 0 Å². The number of nitrogens with zero attached hydrogens (tertiary/aromatic N) is 1. The molecule has 0 aromatic rings. The lowest BCUT2D eigenvalue weighted by Gasteiger charge is -2.10. The van der Waals surface area contributed by atoms with E-state index in [1.54, 1.807) is 0 Å². The lowest BCUT2D eigenvalue weighted by molar-refractivity contribution is 0.565. The van der Waals surface area contributed by atoms with Crippen LogP contribution in [0.2, 0.25) is 0 Å². The average molecular weight is 167 g/mol. The van der Waals surface area contributed by atoms with Gasteiger partial charge in [0.15, 0.2) is 0 Å². The Kier molecular flexibility index (Phi) is 2.61. The largest absolute Gasteiger partial charge is 0.374 e. The summed E-state index contributed by atoms with van der Waals surface area (Å²) in [7, 11) is 0. The highest BCUT2D eigenvalue weighted by Crippen LogP contribution is 2.07. The van der Waals surface area contributed by atoms with E-state index in [-0.39, 0.29) is 0 Å². The van der Waals surface area contributed by atoms with Crippen molar-refractivity contribution >= 4 is 5.84 Å². The molecule has 2 rings (SSSR count). The molecule has 3 heteroatoms. The smallest absolute Gasteiger partial charge is 0.0963 e. The summed E-state index contributed by atoms with van der Waals surface area (Å²) < 4.78 is 0. The van der Waals surface area contributed by atoms with E-state index in [0.717, 1.165) is 19.0 Å². The third-order valence-electron chi connectivity index (χ3n) is 2.63. The molecule has 0 amide bonds. The molecule has 0 bridgehead atoms. The van der Waals surface area contributed by atoms with Gasteiger partial charge in [-0.15, -0.1) is 0 Å². The highest BCUT2D eigenvalue weighted by Gasteiger charge is 2.15. The van der Waals surface area contributed by atoms with Gasteiger partial charge in [-0.1, -0.05) is 0 Å². The van der Waals surface area contributed by atoms with Crippen molar-refractivity contribution < 1.29 is 0 Å². The molecule has 3 nitrogen and oxygen atoms in total. The van der Waals surface area contributed by atoms with Crippen LogP contribution in [0.15, 0.2) is 4.99 Å². The fourth-order valence-corrected chi connectivity index (χ4v) is 1.83. The van der Waals surface area contributed by atoms with Crippen LogP contribution < -0.4 is 10.6 Å². The third-order valence-corrected chi connectivity index (χ3v) is 2.63. The standard InChI is InChI=1S/C9H17N3/c1-2-9(11-4-1)12-7-8-3-5-10-6-8/h8,10H,1-7H2,(H,11,12). The van der Waals surface area contributed by atoms with Crippen molar-refractivity contribution in [3.05, 3.63) is 0 Å². The van der Waals surface area contributed by atoms with Crippen molar-refractivity contribution in [2.24, 2.45) is 10.9 Å². The Bertz CT molecular complexity index is 171. The molecule has 1 fully saturated rings. The van der Waals surface area contributed by atoms with Gasteiger partial charge < -0.3 is 10.6 Å². The van der Waals surface area contributed by atoms with E-state index < -0.39 is 0 Å². The van der Waals surface area contributed by atoms with Crippen LogP contribution in [0.3, 0.4) is 0 Å². The minimum Gasteiger partial charge on any atom is -0.374 e. The molecular weight excluding hydrogens is 150 g/mol. The number of hydrogen-bond donors (Lipinski definition) is 2. The van der Waals surface area contributed by atoms with Gasteiger partial charge in [-0.25, -0.2) is 0 Å². The van der Waals surface area contributed by atoms with Crippen LogP contribution in [0.25, 0.3) is 0 Å². The minimum absolute atomic E-state index is 0.827. The van der Waals surface area contributed by atoms with E-state index in [2.05, 4.69) is 15.6 Å². The Morgan fingerprint density at radius 3 is 3.25 bits per heavy atom. The first-order valence-electron chi connectivity index (χ1n) is 4.93. The second kappa shape index (κ2) is 3.90. The van der Waals surface area contributed by atoms with Crippen molar-refractivity contribution in [1.82, 2.24) is 10.6 Å². The first kappa shape index (κ1) is 8.05. The van der Waals surface area contributed by atoms with Gasteiger partial charge in [-0.05, 0) is 31.8 Å². The van der Waals surface area contributed by atoms with Crippen molar-refractivity contribution in [2.75, 3.05) is 26.2 Å². The van der Waals surface area contributed by atoms with Crippen LogP contribution in [0.5, 0.6) is 0 Å². The minimum atomic E-state index is 0.827. The highest BCUT2D eigenvalue weighted by molar-refractivity contribution is 5.83. The van der Waals surface area contributed by atoms with Gasteiger partial charge >= 0.3 is 0 Å². The van der Waals surface area contributed by atoms with Gasteiger partial charge in [0.25, 0.3) is 0 Å². The van der Waals surface area contributed by atoms with E-state index >= 15 is 0 Å². The summed E-state index contributed by atoms with van der Waals surface area (Å²) in [6.45, 7) is 4.52. The van der Waals surface area contributed by atoms with E-state index in [4.69, 9.17) is 0 Å². The monoisotopic (exact) mass is 167 g/mol. The lowest BCUT2D eigenvalue weighted by Crippen LogP contribution is -2.28. The molecule has 12 heavy (non-hydrogen) atoms. The molecule has 68 valence electrons. The summed E-state index contributed by atoms with van der Waals surface area (Å²) in [5, 5.41) is 6.80. The Hall–Kier alpha value is -0.570. The first-order chi connectivity index (χ1) is 5.95. The predicted molar refractivity (Wildman–Crippen MR) is 50.5 cm³/mol. The van der Waals surface area contributed by atoms with Crippen LogP contribution in [0.1, 0.15) is 19.3 Å². The Balaban J connectivity index is 1.67. The molecule has 1 saturated heterocycles. The van der Waals surface area contributed by atoms with Crippen molar-refractivity contribution in [3.8, 4) is 0 Å². The fraction of sp³-hybridized carbons (Fsp3) is 0.889. The maximum atomic E-state index is 4.38. The van der Waals surface area contributed by atoms with Gasteiger partial charge in [-0.2, -0.15) is 0 Å². The highest BCUT2D eigenvalue weighted by atomic mass is 15.0. The normalized spacial score (nSPS) is 29.0. The lowest BCUT2D eigenvalue weighted by atomic mass is 10.1. The van der Waals surface area contributed by atoms with Crippen molar-refractivity contribution in [1.29, 1.82) is 0 Å². The molecule has 0 spiro atoms. The van der Waals surface area contributed by atoms with Gasteiger partial charge in [0.05, 0.1) is 5.84 Å². The second-order valence-electron chi connectivity index (χ2n) is 3.67.